The van der Waals surface area contributed by atoms with Crippen molar-refractivity contribution >= 4 is 15.9 Å². The van der Waals surface area contributed by atoms with E-state index < -0.39 is 27.7 Å². The molecule has 1 aromatic carbocycles. The molecule has 0 saturated carbocycles. The first kappa shape index (κ1) is 20.8. The van der Waals surface area contributed by atoms with Crippen molar-refractivity contribution in [3.63, 3.8) is 0 Å². The van der Waals surface area contributed by atoms with Gasteiger partial charge in [0.25, 0.3) is 5.91 Å². The summed E-state index contributed by atoms with van der Waals surface area (Å²) in [6.45, 7) is 0.523. The van der Waals surface area contributed by atoms with E-state index in [4.69, 9.17) is 0 Å². The van der Waals surface area contributed by atoms with Crippen LogP contribution in [-0.4, -0.2) is 54.7 Å². The second kappa shape index (κ2) is 7.66. The fourth-order valence-corrected chi connectivity index (χ4v) is 5.31. The molecule has 0 unspecified atom stereocenters. The van der Waals surface area contributed by atoms with Gasteiger partial charge in [-0.3, -0.25) is 9.78 Å². The zero-order chi connectivity index (χ0) is 21.5. The van der Waals surface area contributed by atoms with Crippen LogP contribution in [0.25, 0.3) is 0 Å². The van der Waals surface area contributed by atoms with E-state index in [1.807, 2.05) is 6.07 Å². The fourth-order valence-electron chi connectivity index (χ4n) is 3.84. The number of sulfonamides is 1. The SMILES string of the molecule is O=C(c1ccc(C(F)(F)F)cn1)N1CCN(S(=O)(=O)c2ccc3c(c2)CCC3)CC1. The summed E-state index contributed by atoms with van der Waals surface area (Å²) < 4.78 is 65.2. The molecule has 2 aromatic rings. The number of halogens is 3. The molecule has 1 aliphatic heterocycles. The summed E-state index contributed by atoms with van der Waals surface area (Å²) in [4.78, 5) is 17.8. The van der Waals surface area contributed by atoms with Gasteiger partial charge in [0.15, 0.2) is 0 Å². The van der Waals surface area contributed by atoms with E-state index in [1.165, 1.54) is 14.8 Å². The molecule has 1 aromatic heterocycles. The first-order valence-electron chi connectivity index (χ1n) is 9.61. The lowest BCUT2D eigenvalue weighted by atomic mass is 10.1. The number of amides is 1. The summed E-state index contributed by atoms with van der Waals surface area (Å²) in [6, 6.07) is 7.09. The van der Waals surface area contributed by atoms with Crippen LogP contribution in [0.2, 0.25) is 0 Å². The van der Waals surface area contributed by atoms with E-state index in [9.17, 15) is 26.4 Å². The molecule has 1 aliphatic carbocycles. The lowest BCUT2D eigenvalue weighted by molar-refractivity contribution is -0.137. The van der Waals surface area contributed by atoms with Crippen molar-refractivity contribution in [2.24, 2.45) is 0 Å². The smallest absolute Gasteiger partial charge is 0.335 e. The third-order valence-electron chi connectivity index (χ3n) is 5.54. The summed E-state index contributed by atoms with van der Waals surface area (Å²) in [5.41, 5.74) is 1.23. The fraction of sp³-hybridized carbons (Fsp3) is 0.400. The molecule has 0 spiro atoms. The standard InChI is InChI=1S/C20H20F3N3O3S/c21-20(22,23)16-5-7-18(24-13-16)19(27)25-8-10-26(11-9-25)30(28,29)17-6-4-14-2-1-3-15(14)12-17/h4-7,12-13H,1-3,8-11H2. The quantitative estimate of drug-likeness (QED) is 0.738. The third kappa shape index (κ3) is 3.93. The van der Waals surface area contributed by atoms with E-state index in [2.05, 4.69) is 4.98 Å². The maximum absolute atomic E-state index is 13.0. The molecule has 2 heterocycles. The van der Waals surface area contributed by atoms with Crippen molar-refractivity contribution in [2.45, 2.75) is 30.3 Å². The number of benzene rings is 1. The monoisotopic (exact) mass is 439 g/mol. The maximum atomic E-state index is 13.0. The molecule has 6 nitrogen and oxygen atoms in total. The molecule has 0 atom stereocenters. The molecule has 30 heavy (non-hydrogen) atoms. The van der Waals surface area contributed by atoms with Crippen molar-refractivity contribution < 1.29 is 26.4 Å². The molecule has 0 radical (unpaired) electrons. The Bertz CT molecular complexity index is 1060. The van der Waals surface area contributed by atoms with Crippen LogP contribution >= 0.6 is 0 Å². The molecule has 10 heteroatoms. The van der Waals surface area contributed by atoms with Crippen LogP contribution in [0.1, 0.15) is 33.6 Å². The van der Waals surface area contributed by atoms with Crippen LogP contribution in [0.15, 0.2) is 41.4 Å². The lowest BCUT2D eigenvalue weighted by Gasteiger charge is -2.34. The van der Waals surface area contributed by atoms with Crippen LogP contribution < -0.4 is 0 Å². The topological polar surface area (TPSA) is 70.6 Å². The molecule has 1 fully saturated rings. The van der Waals surface area contributed by atoms with Gasteiger partial charge in [-0.15, -0.1) is 0 Å². The molecular formula is C20H20F3N3O3S. The van der Waals surface area contributed by atoms with E-state index in [-0.39, 0.29) is 36.8 Å². The van der Waals surface area contributed by atoms with Gasteiger partial charge >= 0.3 is 6.18 Å². The molecule has 1 saturated heterocycles. The van der Waals surface area contributed by atoms with Gasteiger partial charge in [-0.25, -0.2) is 8.42 Å². The predicted molar refractivity (Wildman–Crippen MR) is 102 cm³/mol. The highest BCUT2D eigenvalue weighted by Gasteiger charge is 2.33. The molecule has 4 rings (SSSR count). The van der Waals surface area contributed by atoms with E-state index in [1.54, 1.807) is 12.1 Å². The summed E-state index contributed by atoms with van der Waals surface area (Å²) >= 11 is 0. The van der Waals surface area contributed by atoms with Gasteiger partial charge in [0, 0.05) is 32.4 Å². The van der Waals surface area contributed by atoms with Gasteiger partial charge < -0.3 is 4.90 Å². The van der Waals surface area contributed by atoms with Gasteiger partial charge in [0.05, 0.1) is 10.5 Å². The number of piperazine rings is 1. The minimum absolute atomic E-state index is 0.0991. The zero-order valence-electron chi connectivity index (χ0n) is 16.0. The number of hydrogen-bond acceptors (Lipinski definition) is 4. The van der Waals surface area contributed by atoms with Gasteiger partial charge in [-0.05, 0) is 54.7 Å². The van der Waals surface area contributed by atoms with Crippen molar-refractivity contribution in [1.29, 1.82) is 0 Å². The Kier molecular flexibility index (Phi) is 5.31. The Hall–Kier alpha value is -2.46. The largest absolute Gasteiger partial charge is 0.417 e. The summed E-state index contributed by atoms with van der Waals surface area (Å²) in [7, 11) is -3.66. The molecular weight excluding hydrogens is 419 g/mol. The lowest BCUT2D eigenvalue weighted by Crippen LogP contribution is -2.50. The highest BCUT2D eigenvalue weighted by atomic mass is 32.2. The second-order valence-corrected chi connectivity index (χ2v) is 9.35. The van der Waals surface area contributed by atoms with Gasteiger partial charge in [-0.2, -0.15) is 17.5 Å². The second-order valence-electron chi connectivity index (χ2n) is 7.41. The molecule has 0 bridgehead atoms. The molecule has 1 amide bonds. The minimum Gasteiger partial charge on any atom is -0.335 e. The third-order valence-corrected chi connectivity index (χ3v) is 7.44. The normalized spacial score (nSPS) is 17.8. The average Bonchev–Trinajstić information content (AvgIpc) is 3.21. The molecule has 160 valence electrons. The number of rotatable bonds is 3. The predicted octanol–water partition coefficient (Wildman–Crippen LogP) is 2.74. The number of alkyl halides is 3. The van der Waals surface area contributed by atoms with E-state index in [0.717, 1.165) is 37.0 Å². The van der Waals surface area contributed by atoms with Gasteiger partial charge in [0.1, 0.15) is 5.69 Å². The maximum Gasteiger partial charge on any atom is 0.417 e. The Morgan fingerprint density at radius 1 is 0.967 bits per heavy atom. The minimum atomic E-state index is -4.52. The summed E-state index contributed by atoms with van der Waals surface area (Å²) in [5.74, 6) is -0.515. The van der Waals surface area contributed by atoms with Crippen molar-refractivity contribution in [3.8, 4) is 0 Å². The number of pyridine rings is 1. The van der Waals surface area contributed by atoms with E-state index >= 15 is 0 Å². The first-order valence-corrected chi connectivity index (χ1v) is 11.0. The number of hydrogen-bond donors (Lipinski definition) is 0. The van der Waals surface area contributed by atoms with Crippen LogP contribution in [-0.2, 0) is 29.0 Å². The van der Waals surface area contributed by atoms with Gasteiger partial charge in [-0.1, -0.05) is 6.07 Å². The van der Waals surface area contributed by atoms with Crippen molar-refractivity contribution in [1.82, 2.24) is 14.2 Å². The summed E-state index contributed by atoms with van der Waals surface area (Å²) in [5, 5.41) is 0. The highest BCUT2D eigenvalue weighted by molar-refractivity contribution is 7.89. The molecule has 0 N–H and O–H groups in total. The number of nitrogens with zero attached hydrogens (tertiary/aromatic N) is 3. The number of fused-ring (bicyclic) bond motifs is 1. The number of carbonyl (C=O) groups excluding carboxylic acids is 1. The Labute approximate surface area is 172 Å². The highest BCUT2D eigenvalue weighted by Crippen LogP contribution is 2.29. The van der Waals surface area contributed by atoms with Crippen LogP contribution in [0.3, 0.4) is 0 Å². The van der Waals surface area contributed by atoms with Crippen molar-refractivity contribution in [3.05, 3.63) is 58.9 Å². The average molecular weight is 439 g/mol. The van der Waals surface area contributed by atoms with Crippen molar-refractivity contribution in [2.75, 3.05) is 26.2 Å². The van der Waals surface area contributed by atoms with Crippen LogP contribution in [0.4, 0.5) is 13.2 Å². The zero-order valence-corrected chi connectivity index (χ0v) is 16.8. The number of aromatic nitrogens is 1. The van der Waals surface area contributed by atoms with E-state index in [0.29, 0.717) is 6.20 Å². The molecule has 2 aliphatic rings. The van der Waals surface area contributed by atoms with Gasteiger partial charge in [0.2, 0.25) is 10.0 Å². The first-order chi connectivity index (χ1) is 14.2. The van der Waals surface area contributed by atoms with Crippen LogP contribution in [0.5, 0.6) is 0 Å². The Morgan fingerprint density at radius 2 is 1.67 bits per heavy atom. The number of carbonyl (C=O) groups is 1. The number of aryl methyl sites for hydroxylation is 2. The van der Waals surface area contributed by atoms with Crippen LogP contribution in [0, 0.1) is 0 Å². The Morgan fingerprint density at radius 3 is 2.30 bits per heavy atom. The summed E-state index contributed by atoms with van der Waals surface area (Å²) in [6.07, 6.45) is -1.03. The Balaban J connectivity index is 1.42.